The van der Waals surface area contributed by atoms with E-state index in [0.717, 1.165) is 5.39 Å². The van der Waals surface area contributed by atoms with Gasteiger partial charge in [-0.1, -0.05) is 36.4 Å². The standard InChI is InChI=1S/C16H9NO3/c18-16(19)14-9-5-1-3-7-11(9)17-15-13(14)10-6-2-4-8-12(10)20-15/h1-8H,(H,18,19). The normalized spacial score (nSPS) is 11.4. The summed E-state index contributed by atoms with van der Waals surface area (Å²) in [5.41, 5.74) is 1.88. The molecular formula is C16H9NO3. The minimum absolute atomic E-state index is 0.246. The molecule has 0 unspecified atom stereocenters. The van der Waals surface area contributed by atoms with Gasteiger partial charge in [0, 0.05) is 10.8 Å². The molecule has 0 saturated carbocycles. The first kappa shape index (κ1) is 11.0. The second kappa shape index (κ2) is 3.81. The van der Waals surface area contributed by atoms with E-state index >= 15 is 0 Å². The molecule has 2 aromatic carbocycles. The van der Waals surface area contributed by atoms with Crippen LogP contribution in [0.25, 0.3) is 33.0 Å². The third kappa shape index (κ3) is 1.36. The maximum atomic E-state index is 11.7. The SMILES string of the molecule is O=C(O)c1c2ccccc2nc2oc3ccccc3c12. The Kier molecular flexibility index (Phi) is 2.09. The van der Waals surface area contributed by atoms with E-state index in [2.05, 4.69) is 4.98 Å². The van der Waals surface area contributed by atoms with E-state index in [1.165, 1.54) is 0 Å². The molecule has 0 aliphatic carbocycles. The van der Waals surface area contributed by atoms with Crippen LogP contribution in [-0.4, -0.2) is 16.1 Å². The predicted molar refractivity (Wildman–Crippen MR) is 76.0 cm³/mol. The molecule has 96 valence electrons. The highest BCUT2D eigenvalue weighted by Crippen LogP contribution is 2.33. The molecular weight excluding hydrogens is 254 g/mol. The number of hydrogen-bond donors (Lipinski definition) is 1. The fourth-order valence-corrected chi connectivity index (χ4v) is 2.60. The van der Waals surface area contributed by atoms with Crippen LogP contribution in [0.2, 0.25) is 0 Å². The Morgan fingerprint density at radius 3 is 2.50 bits per heavy atom. The van der Waals surface area contributed by atoms with Crippen LogP contribution in [0.1, 0.15) is 10.4 Å². The molecule has 2 heterocycles. The van der Waals surface area contributed by atoms with Crippen LogP contribution in [0.5, 0.6) is 0 Å². The lowest BCUT2D eigenvalue weighted by Gasteiger charge is -2.03. The molecule has 4 rings (SSSR count). The fraction of sp³-hybridized carbons (Fsp3) is 0. The van der Waals surface area contributed by atoms with Gasteiger partial charge in [-0.25, -0.2) is 9.78 Å². The van der Waals surface area contributed by atoms with Crippen molar-refractivity contribution >= 4 is 38.9 Å². The van der Waals surface area contributed by atoms with E-state index in [4.69, 9.17) is 4.42 Å². The van der Waals surface area contributed by atoms with Crippen LogP contribution >= 0.6 is 0 Å². The average molecular weight is 263 g/mol. The smallest absolute Gasteiger partial charge is 0.337 e. The Hall–Kier alpha value is -2.88. The molecule has 0 aliphatic heterocycles. The van der Waals surface area contributed by atoms with Gasteiger partial charge in [-0.3, -0.25) is 0 Å². The van der Waals surface area contributed by atoms with Crippen molar-refractivity contribution in [2.75, 3.05) is 0 Å². The Morgan fingerprint density at radius 1 is 1.00 bits per heavy atom. The van der Waals surface area contributed by atoms with Crippen LogP contribution in [0.3, 0.4) is 0 Å². The first-order valence-electron chi connectivity index (χ1n) is 6.19. The zero-order valence-corrected chi connectivity index (χ0v) is 10.3. The van der Waals surface area contributed by atoms with E-state index in [9.17, 15) is 9.90 Å². The number of hydrogen-bond acceptors (Lipinski definition) is 3. The number of carbonyl (C=O) groups is 1. The first-order valence-corrected chi connectivity index (χ1v) is 6.19. The Labute approximate surface area is 113 Å². The van der Waals surface area contributed by atoms with Crippen molar-refractivity contribution in [3.05, 3.63) is 54.1 Å². The third-order valence-electron chi connectivity index (χ3n) is 3.44. The summed E-state index contributed by atoms with van der Waals surface area (Å²) in [6.45, 7) is 0. The molecule has 0 aliphatic rings. The van der Waals surface area contributed by atoms with Gasteiger partial charge >= 0.3 is 5.97 Å². The van der Waals surface area contributed by atoms with E-state index in [1.807, 2.05) is 36.4 Å². The predicted octanol–water partition coefficient (Wildman–Crippen LogP) is 3.83. The molecule has 0 saturated heterocycles. The minimum atomic E-state index is -0.972. The van der Waals surface area contributed by atoms with Crippen molar-refractivity contribution in [1.29, 1.82) is 0 Å². The van der Waals surface area contributed by atoms with Gasteiger partial charge in [0.15, 0.2) is 0 Å². The summed E-state index contributed by atoms with van der Waals surface area (Å²) >= 11 is 0. The molecule has 0 radical (unpaired) electrons. The minimum Gasteiger partial charge on any atom is -0.478 e. The number of pyridine rings is 1. The number of aromatic carboxylic acids is 1. The highest BCUT2D eigenvalue weighted by molar-refractivity contribution is 6.20. The van der Waals surface area contributed by atoms with Gasteiger partial charge < -0.3 is 9.52 Å². The lowest BCUT2D eigenvalue weighted by atomic mass is 10.0. The molecule has 0 amide bonds. The highest BCUT2D eigenvalue weighted by Gasteiger charge is 2.20. The number of fused-ring (bicyclic) bond motifs is 4. The summed E-state index contributed by atoms with van der Waals surface area (Å²) < 4.78 is 5.68. The van der Waals surface area contributed by atoms with Gasteiger partial charge in [0.25, 0.3) is 0 Å². The van der Waals surface area contributed by atoms with Crippen LogP contribution in [0.15, 0.2) is 52.9 Å². The van der Waals surface area contributed by atoms with Crippen molar-refractivity contribution < 1.29 is 14.3 Å². The van der Waals surface area contributed by atoms with Crippen LogP contribution in [0.4, 0.5) is 0 Å². The monoisotopic (exact) mass is 263 g/mol. The van der Waals surface area contributed by atoms with Crippen molar-refractivity contribution in [3.63, 3.8) is 0 Å². The summed E-state index contributed by atoms with van der Waals surface area (Å²) in [6.07, 6.45) is 0. The van der Waals surface area contributed by atoms with Crippen LogP contribution < -0.4 is 0 Å². The fourth-order valence-electron chi connectivity index (χ4n) is 2.60. The second-order valence-corrected chi connectivity index (χ2v) is 4.59. The van der Waals surface area contributed by atoms with Crippen LogP contribution in [0, 0.1) is 0 Å². The van der Waals surface area contributed by atoms with Gasteiger partial charge in [0.05, 0.1) is 16.5 Å². The van der Waals surface area contributed by atoms with E-state index < -0.39 is 5.97 Å². The van der Waals surface area contributed by atoms with E-state index in [0.29, 0.717) is 27.6 Å². The Balaban J connectivity index is 2.36. The zero-order chi connectivity index (χ0) is 13.7. The molecule has 4 aromatic rings. The van der Waals surface area contributed by atoms with Crippen molar-refractivity contribution in [1.82, 2.24) is 4.98 Å². The molecule has 0 atom stereocenters. The molecule has 20 heavy (non-hydrogen) atoms. The molecule has 0 fully saturated rings. The van der Waals surface area contributed by atoms with Crippen molar-refractivity contribution in [2.45, 2.75) is 0 Å². The molecule has 0 spiro atoms. The molecule has 0 bridgehead atoms. The lowest BCUT2D eigenvalue weighted by Crippen LogP contribution is -1.99. The van der Waals surface area contributed by atoms with Gasteiger partial charge in [-0.15, -0.1) is 0 Å². The Morgan fingerprint density at radius 2 is 1.70 bits per heavy atom. The number of carboxylic acids is 1. The third-order valence-corrected chi connectivity index (χ3v) is 3.44. The molecule has 2 aromatic heterocycles. The van der Waals surface area contributed by atoms with Crippen molar-refractivity contribution in [3.8, 4) is 0 Å². The van der Waals surface area contributed by atoms with E-state index in [1.54, 1.807) is 12.1 Å². The second-order valence-electron chi connectivity index (χ2n) is 4.59. The molecule has 4 nitrogen and oxygen atoms in total. The van der Waals surface area contributed by atoms with Crippen molar-refractivity contribution in [2.24, 2.45) is 0 Å². The number of furan rings is 1. The average Bonchev–Trinajstić information content (AvgIpc) is 2.82. The largest absolute Gasteiger partial charge is 0.478 e. The van der Waals surface area contributed by atoms with Gasteiger partial charge in [0.1, 0.15) is 5.58 Å². The number of carboxylic acid groups (broad SMARTS) is 1. The number of benzene rings is 2. The lowest BCUT2D eigenvalue weighted by molar-refractivity contribution is 0.0701. The number of nitrogens with zero attached hydrogens (tertiary/aromatic N) is 1. The van der Waals surface area contributed by atoms with Gasteiger partial charge in [0.2, 0.25) is 5.71 Å². The zero-order valence-electron chi connectivity index (χ0n) is 10.3. The first-order chi connectivity index (χ1) is 9.75. The van der Waals surface area contributed by atoms with E-state index in [-0.39, 0.29) is 5.56 Å². The van der Waals surface area contributed by atoms with Crippen LogP contribution in [-0.2, 0) is 0 Å². The summed E-state index contributed by atoms with van der Waals surface area (Å²) in [7, 11) is 0. The summed E-state index contributed by atoms with van der Waals surface area (Å²) in [5.74, 6) is -0.972. The highest BCUT2D eigenvalue weighted by atomic mass is 16.4. The summed E-state index contributed by atoms with van der Waals surface area (Å²) in [4.78, 5) is 16.1. The quantitative estimate of drug-likeness (QED) is 0.566. The number of para-hydroxylation sites is 2. The maximum Gasteiger partial charge on any atom is 0.337 e. The summed E-state index contributed by atoms with van der Waals surface area (Å²) in [6, 6.07) is 14.6. The molecule has 1 N–H and O–H groups in total. The summed E-state index contributed by atoms with van der Waals surface area (Å²) in [5, 5.41) is 11.6. The maximum absolute atomic E-state index is 11.7. The topological polar surface area (TPSA) is 63.3 Å². The van der Waals surface area contributed by atoms with Gasteiger partial charge in [-0.05, 0) is 12.1 Å². The number of aromatic nitrogens is 1. The number of rotatable bonds is 1. The molecule has 4 heteroatoms. The Bertz CT molecular complexity index is 985. The van der Waals surface area contributed by atoms with Gasteiger partial charge in [-0.2, -0.15) is 0 Å².